The smallest absolute Gasteiger partial charge is 0.245 e. The third-order valence-corrected chi connectivity index (χ3v) is 6.51. The van der Waals surface area contributed by atoms with Gasteiger partial charge in [0, 0.05) is 24.5 Å². The van der Waals surface area contributed by atoms with Crippen molar-refractivity contribution in [3.63, 3.8) is 0 Å². The van der Waals surface area contributed by atoms with Gasteiger partial charge < -0.3 is 10.2 Å². The first-order valence-electron chi connectivity index (χ1n) is 10.5. The standard InChI is InChI=1S/C23H31N3O3S/c1-18(2)21-9-5-6-10-22(21)26(30(3,28)29)17-23(27)24-19-11-13-20(14-12-19)25-15-7-4-8-16-25/h5-6,9-14,18H,4,7-8,15-17H2,1-3H3,(H,24,27). The zero-order valence-corrected chi connectivity index (χ0v) is 18.8. The van der Waals surface area contributed by atoms with E-state index < -0.39 is 10.0 Å². The monoisotopic (exact) mass is 429 g/mol. The fourth-order valence-electron chi connectivity index (χ4n) is 3.82. The number of hydrogen-bond acceptors (Lipinski definition) is 4. The van der Waals surface area contributed by atoms with Crippen molar-refractivity contribution in [3.05, 3.63) is 54.1 Å². The molecule has 1 aliphatic rings. The summed E-state index contributed by atoms with van der Waals surface area (Å²) in [5.74, 6) is -0.236. The van der Waals surface area contributed by atoms with Crippen molar-refractivity contribution in [2.45, 2.75) is 39.0 Å². The minimum atomic E-state index is -3.62. The Morgan fingerprint density at radius 2 is 1.67 bits per heavy atom. The molecule has 0 radical (unpaired) electrons. The van der Waals surface area contributed by atoms with E-state index in [2.05, 4.69) is 10.2 Å². The Bertz CT molecular complexity index is 965. The minimum Gasteiger partial charge on any atom is -0.372 e. The molecule has 1 heterocycles. The summed E-state index contributed by atoms with van der Waals surface area (Å²) in [4.78, 5) is 15.0. The fraction of sp³-hybridized carbons (Fsp3) is 0.435. The third kappa shape index (κ3) is 5.53. The van der Waals surface area contributed by atoms with Gasteiger partial charge in [-0.05, 0) is 61.1 Å². The zero-order chi connectivity index (χ0) is 21.7. The lowest BCUT2D eigenvalue weighted by Gasteiger charge is -2.29. The molecule has 0 aliphatic carbocycles. The summed E-state index contributed by atoms with van der Waals surface area (Å²) in [6.07, 6.45) is 4.82. The van der Waals surface area contributed by atoms with E-state index in [1.165, 1.54) is 23.6 Å². The van der Waals surface area contributed by atoms with E-state index in [4.69, 9.17) is 0 Å². The number of amides is 1. The van der Waals surface area contributed by atoms with Gasteiger partial charge in [-0.2, -0.15) is 0 Å². The summed E-state index contributed by atoms with van der Waals surface area (Å²) < 4.78 is 26.1. The van der Waals surface area contributed by atoms with Gasteiger partial charge in [-0.15, -0.1) is 0 Å². The quantitative estimate of drug-likeness (QED) is 0.716. The van der Waals surface area contributed by atoms with E-state index in [1.807, 2.05) is 50.2 Å². The highest BCUT2D eigenvalue weighted by molar-refractivity contribution is 7.92. The normalized spacial score (nSPS) is 14.6. The fourth-order valence-corrected chi connectivity index (χ4v) is 4.70. The van der Waals surface area contributed by atoms with Crippen LogP contribution in [-0.4, -0.2) is 40.2 Å². The number of carbonyl (C=O) groups is 1. The van der Waals surface area contributed by atoms with Crippen molar-refractivity contribution in [2.75, 3.05) is 40.4 Å². The second-order valence-electron chi connectivity index (χ2n) is 8.13. The number of nitrogens with zero attached hydrogens (tertiary/aromatic N) is 2. The van der Waals surface area contributed by atoms with Crippen molar-refractivity contribution in [2.24, 2.45) is 0 Å². The molecule has 7 heteroatoms. The summed E-state index contributed by atoms with van der Waals surface area (Å²) in [7, 11) is -3.62. The first kappa shape index (κ1) is 22.2. The van der Waals surface area contributed by atoms with Gasteiger partial charge in [0.25, 0.3) is 0 Å². The Labute approximate surface area is 179 Å². The number of carbonyl (C=O) groups excluding carboxylic acids is 1. The molecule has 0 spiro atoms. The lowest BCUT2D eigenvalue weighted by atomic mass is 10.0. The van der Waals surface area contributed by atoms with Crippen molar-refractivity contribution in [1.29, 1.82) is 0 Å². The van der Waals surface area contributed by atoms with Gasteiger partial charge in [0.2, 0.25) is 15.9 Å². The van der Waals surface area contributed by atoms with Crippen LogP contribution in [0.1, 0.15) is 44.6 Å². The molecular weight excluding hydrogens is 398 g/mol. The first-order valence-corrected chi connectivity index (χ1v) is 12.3. The molecule has 1 saturated heterocycles. The Hall–Kier alpha value is -2.54. The van der Waals surface area contributed by atoms with Gasteiger partial charge in [-0.1, -0.05) is 32.0 Å². The summed E-state index contributed by atoms with van der Waals surface area (Å²) in [5, 5.41) is 2.83. The number of anilines is 3. The molecule has 30 heavy (non-hydrogen) atoms. The van der Waals surface area contributed by atoms with E-state index >= 15 is 0 Å². The van der Waals surface area contributed by atoms with Crippen LogP contribution in [0, 0.1) is 0 Å². The lowest BCUT2D eigenvalue weighted by Crippen LogP contribution is -2.38. The number of para-hydroxylation sites is 1. The molecule has 2 aromatic carbocycles. The van der Waals surface area contributed by atoms with Gasteiger partial charge in [0.05, 0.1) is 11.9 Å². The van der Waals surface area contributed by atoms with E-state index in [-0.39, 0.29) is 18.4 Å². The SMILES string of the molecule is CC(C)c1ccccc1N(CC(=O)Nc1ccc(N2CCCCC2)cc1)S(C)(=O)=O. The number of hydrogen-bond donors (Lipinski definition) is 1. The largest absolute Gasteiger partial charge is 0.372 e. The lowest BCUT2D eigenvalue weighted by molar-refractivity contribution is -0.114. The Morgan fingerprint density at radius 3 is 2.27 bits per heavy atom. The maximum atomic E-state index is 12.7. The second kappa shape index (κ2) is 9.51. The highest BCUT2D eigenvalue weighted by Crippen LogP contribution is 2.29. The molecule has 1 aliphatic heterocycles. The van der Waals surface area contributed by atoms with Crippen LogP contribution in [0.5, 0.6) is 0 Å². The van der Waals surface area contributed by atoms with E-state index in [0.29, 0.717) is 11.4 Å². The maximum absolute atomic E-state index is 12.7. The molecule has 0 atom stereocenters. The summed E-state index contributed by atoms with van der Waals surface area (Å²) in [5.41, 5.74) is 3.25. The van der Waals surface area contributed by atoms with E-state index in [0.717, 1.165) is 30.6 Å². The number of nitrogens with one attached hydrogen (secondary N) is 1. The van der Waals surface area contributed by atoms with Crippen molar-refractivity contribution < 1.29 is 13.2 Å². The third-order valence-electron chi connectivity index (χ3n) is 5.39. The summed E-state index contributed by atoms with van der Waals surface area (Å²) in [6.45, 7) is 5.86. The van der Waals surface area contributed by atoms with Crippen LogP contribution in [0.15, 0.2) is 48.5 Å². The minimum absolute atomic E-state index is 0.135. The van der Waals surface area contributed by atoms with Crippen LogP contribution < -0.4 is 14.5 Å². The predicted octanol–water partition coefficient (Wildman–Crippen LogP) is 4.21. The zero-order valence-electron chi connectivity index (χ0n) is 18.0. The van der Waals surface area contributed by atoms with Crippen LogP contribution in [-0.2, 0) is 14.8 Å². The van der Waals surface area contributed by atoms with Crippen molar-refractivity contribution in [3.8, 4) is 0 Å². The maximum Gasteiger partial charge on any atom is 0.245 e. The van der Waals surface area contributed by atoms with Crippen LogP contribution >= 0.6 is 0 Å². The molecule has 3 rings (SSSR count). The van der Waals surface area contributed by atoms with Gasteiger partial charge >= 0.3 is 0 Å². The van der Waals surface area contributed by atoms with Crippen LogP contribution in [0.4, 0.5) is 17.1 Å². The second-order valence-corrected chi connectivity index (χ2v) is 10.0. The molecule has 162 valence electrons. The van der Waals surface area contributed by atoms with Gasteiger partial charge in [-0.3, -0.25) is 9.10 Å². The average Bonchev–Trinajstić information content (AvgIpc) is 2.72. The molecule has 6 nitrogen and oxygen atoms in total. The topological polar surface area (TPSA) is 69.7 Å². The van der Waals surface area contributed by atoms with Crippen molar-refractivity contribution >= 4 is 33.0 Å². The Balaban J connectivity index is 1.73. The van der Waals surface area contributed by atoms with Gasteiger partial charge in [0.15, 0.2) is 0 Å². The molecule has 0 unspecified atom stereocenters. The van der Waals surface area contributed by atoms with E-state index in [1.54, 1.807) is 12.1 Å². The molecule has 0 bridgehead atoms. The predicted molar refractivity (Wildman–Crippen MR) is 124 cm³/mol. The highest BCUT2D eigenvalue weighted by atomic mass is 32.2. The van der Waals surface area contributed by atoms with Crippen molar-refractivity contribution in [1.82, 2.24) is 0 Å². The molecule has 1 fully saturated rings. The molecule has 2 aromatic rings. The molecular formula is C23H31N3O3S. The number of rotatable bonds is 7. The molecule has 1 N–H and O–H groups in total. The Kier molecular flexibility index (Phi) is 7.02. The number of sulfonamides is 1. The van der Waals surface area contributed by atoms with Crippen LogP contribution in [0.2, 0.25) is 0 Å². The van der Waals surface area contributed by atoms with Crippen LogP contribution in [0.25, 0.3) is 0 Å². The highest BCUT2D eigenvalue weighted by Gasteiger charge is 2.24. The Morgan fingerprint density at radius 1 is 1.03 bits per heavy atom. The summed E-state index contributed by atoms with van der Waals surface area (Å²) >= 11 is 0. The summed E-state index contributed by atoms with van der Waals surface area (Å²) in [6, 6.07) is 15.1. The molecule has 0 aromatic heterocycles. The first-order chi connectivity index (χ1) is 14.3. The average molecular weight is 430 g/mol. The van der Waals surface area contributed by atoms with Gasteiger partial charge in [0.1, 0.15) is 6.54 Å². The number of benzene rings is 2. The van der Waals surface area contributed by atoms with Crippen LogP contribution in [0.3, 0.4) is 0 Å². The number of piperidine rings is 1. The molecule has 1 amide bonds. The van der Waals surface area contributed by atoms with E-state index in [9.17, 15) is 13.2 Å². The molecule has 0 saturated carbocycles. The van der Waals surface area contributed by atoms with Gasteiger partial charge in [-0.25, -0.2) is 8.42 Å².